The van der Waals surface area contributed by atoms with Crippen LogP contribution in [-0.4, -0.2) is 0 Å². The van der Waals surface area contributed by atoms with E-state index in [9.17, 15) is 0 Å². The molecule has 0 saturated carbocycles. The molecule has 0 atom stereocenters. The van der Waals surface area contributed by atoms with E-state index in [1.165, 1.54) is 80.8 Å². The molecule has 0 aliphatic heterocycles. The predicted molar refractivity (Wildman–Crippen MR) is 251 cm³/mol. The summed E-state index contributed by atoms with van der Waals surface area (Å²) >= 11 is 1.86. The zero-order chi connectivity index (χ0) is 38.6. The molecule has 0 fully saturated rings. The highest BCUT2D eigenvalue weighted by Crippen LogP contribution is 2.49. The van der Waals surface area contributed by atoms with E-state index in [1.54, 1.807) is 0 Å². The minimum atomic E-state index is 0.893. The number of benzene rings is 10. The van der Waals surface area contributed by atoms with Crippen LogP contribution >= 0.6 is 11.3 Å². The molecule has 2 nitrogen and oxygen atoms in total. The summed E-state index contributed by atoms with van der Waals surface area (Å²) in [7, 11) is 0. The molecular weight excluding hydrogens is 737 g/mol. The number of furan rings is 2. The number of hydrogen-bond donors (Lipinski definition) is 0. The molecule has 3 heterocycles. The fourth-order valence-electron chi connectivity index (χ4n) is 9.62. The van der Waals surface area contributed by atoms with E-state index in [2.05, 4.69) is 194 Å². The molecule has 0 radical (unpaired) electrons. The maximum Gasteiger partial charge on any atom is 0.143 e. The van der Waals surface area contributed by atoms with Crippen LogP contribution in [0.4, 0.5) is 0 Å². The summed E-state index contributed by atoms with van der Waals surface area (Å²) in [6.45, 7) is 0. The van der Waals surface area contributed by atoms with Crippen LogP contribution in [0.15, 0.2) is 203 Å². The van der Waals surface area contributed by atoms with Gasteiger partial charge in [0, 0.05) is 47.5 Å². The van der Waals surface area contributed by atoms with Crippen molar-refractivity contribution in [1.82, 2.24) is 0 Å². The molecule has 0 N–H and O–H groups in total. The van der Waals surface area contributed by atoms with Crippen molar-refractivity contribution in [2.45, 2.75) is 0 Å². The molecule has 0 aliphatic rings. The molecule has 3 aromatic heterocycles. The van der Waals surface area contributed by atoms with Crippen LogP contribution in [0.25, 0.3) is 130 Å². The van der Waals surface area contributed by atoms with Crippen molar-refractivity contribution in [1.29, 1.82) is 0 Å². The second-order valence-corrected chi connectivity index (χ2v) is 16.6. The molecule has 0 saturated heterocycles. The zero-order valence-corrected chi connectivity index (χ0v) is 32.5. The van der Waals surface area contributed by atoms with E-state index in [-0.39, 0.29) is 0 Å². The first kappa shape index (κ1) is 32.6. The van der Waals surface area contributed by atoms with Crippen LogP contribution in [0, 0.1) is 0 Å². The van der Waals surface area contributed by atoms with Crippen LogP contribution < -0.4 is 0 Å². The van der Waals surface area contributed by atoms with Gasteiger partial charge in [0.25, 0.3) is 0 Å². The Morgan fingerprint density at radius 3 is 1.46 bits per heavy atom. The minimum absolute atomic E-state index is 0.893. The summed E-state index contributed by atoms with van der Waals surface area (Å²) in [6.07, 6.45) is 0. The molecule has 59 heavy (non-hydrogen) atoms. The molecule has 3 heteroatoms. The van der Waals surface area contributed by atoms with Crippen LogP contribution in [0.3, 0.4) is 0 Å². The maximum absolute atomic E-state index is 6.69. The van der Waals surface area contributed by atoms with Crippen molar-refractivity contribution in [2.75, 3.05) is 0 Å². The van der Waals surface area contributed by atoms with Crippen LogP contribution in [0.5, 0.6) is 0 Å². The summed E-state index contributed by atoms with van der Waals surface area (Å²) in [5.41, 5.74) is 12.1. The van der Waals surface area contributed by atoms with Gasteiger partial charge in [-0.3, -0.25) is 0 Å². The monoisotopic (exact) mass is 768 g/mol. The van der Waals surface area contributed by atoms with E-state index in [0.29, 0.717) is 0 Å². The van der Waals surface area contributed by atoms with Gasteiger partial charge in [-0.25, -0.2) is 0 Å². The molecule has 13 rings (SSSR count). The molecule has 0 unspecified atom stereocenters. The highest BCUT2D eigenvalue weighted by molar-refractivity contribution is 7.23. The largest absolute Gasteiger partial charge is 0.456 e. The lowest BCUT2D eigenvalue weighted by Gasteiger charge is -2.18. The summed E-state index contributed by atoms with van der Waals surface area (Å²) in [5.74, 6) is 0. The summed E-state index contributed by atoms with van der Waals surface area (Å²) in [6, 6.07) is 70.2. The van der Waals surface area contributed by atoms with E-state index in [4.69, 9.17) is 8.83 Å². The number of fused-ring (bicyclic) bond motifs is 11. The van der Waals surface area contributed by atoms with Crippen molar-refractivity contribution in [3.63, 3.8) is 0 Å². The Morgan fingerprint density at radius 1 is 0.288 bits per heavy atom. The Hall–Kier alpha value is -7.46. The minimum Gasteiger partial charge on any atom is -0.456 e. The average molecular weight is 769 g/mol. The van der Waals surface area contributed by atoms with Gasteiger partial charge in [0.05, 0.1) is 0 Å². The molecule has 0 aliphatic carbocycles. The summed E-state index contributed by atoms with van der Waals surface area (Å²) < 4.78 is 14.5. The molecule has 0 bridgehead atoms. The van der Waals surface area contributed by atoms with E-state index >= 15 is 0 Å². The van der Waals surface area contributed by atoms with Gasteiger partial charge in [0.2, 0.25) is 0 Å². The first-order valence-electron chi connectivity index (χ1n) is 20.1. The first-order chi connectivity index (χ1) is 29.2. The molecule has 274 valence electrons. The maximum atomic E-state index is 6.69. The molecule has 13 aromatic rings. The Balaban J connectivity index is 1.02. The second kappa shape index (κ2) is 12.5. The quantitative estimate of drug-likeness (QED) is 0.167. The van der Waals surface area contributed by atoms with Crippen molar-refractivity contribution < 1.29 is 8.83 Å². The van der Waals surface area contributed by atoms with Crippen LogP contribution in [0.2, 0.25) is 0 Å². The standard InChI is InChI=1S/C56H32O2S/c1-3-14-34(15-4-1)54-47-31-50-46(32-51(47)59-56(54)35-16-5-2-6-17-35)45-30-37(24-27-48(45)57-50)53-41-21-11-9-19-39(41)52(40-20-10-12-22-42(40)53)36-25-28-49-44(29-36)43-26-23-33-13-7-8-18-38(33)55(43)58-49/h1-32H. The molecule has 0 amide bonds. The van der Waals surface area contributed by atoms with Gasteiger partial charge in [-0.05, 0) is 103 Å². The van der Waals surface area contributed by atoms with E-state index < -0.39 is 0 Å². The third kappa shape index (κ3) is 4.86. The van der Waals surface area contributed by atoms with Gasteiger partial charge < -0.3 is 8.83 Å². The lowest BCUT2D eigenvalue weighted by atomic mass is 9.85. The third-order valence-corrected chi connectivity index (χ3v) is 13.5. The third-order valence-electron chi connectivity index (χ3n) is 12.2. The van der Waals surface area contributed by atoms with Crippen molar-refractivity contribution in [3.8, 4) is 43.8 Å². The number of hydrogen-bond acceptors (Lipinski definition) is 3. The molecule has 0 spiro atoms. The van der Waals surface area contributed by atoms with Crippen LogP contribution in [0.1, 0.15) is 0 Å². The normalized spacial score (nSPS) is 12.1. The topological polar surface area (TPSA) is 26.3 Å². The fraction of sp³-hybridized carbons (Fsp3) is 0. The van der Waals surface area contributed by atoms with Gasteiger partial charge in [-0.2, -0.15) is 0 Å². The van der Waals surface area contributed by atoms with Crippen molar-refractivity contribution in [3.05, 3.63) is 194 Å². The smallest absolute Gasteiger partial charge is 0.143 e. The second-order valence-electron chi connectivity index (χ2n) is 15.5. The summed E-state index contributed by atoms with van der Waals surface area (Å²) in [5, 5.41) is 12.9. The van der Waals surface area contributed by atoms with Crippen molar-refractivity contribution in [2.24, 2.45) is 0 Å². The number of thiophene rings is 1. The van der Waals surface area contributed by atoms with Gasteiger partial charge in [-0.15, -0.1) is 11.3 Å². The molecular formula is C56H32O2S. The Bertz CT molecular complexity index is 3770. The van der Waals surface area contributed by atoms with Crippen molar-refractivity contribution >= 4 is 97.6 Å². The lowest BCUT2D eigenvalue weighted by molar-refractivity contribution is 0.669. The van der Waals surface area contributed by atoms with Gasteiger partial charge in [-0.1, -0.05) is 152 Å². The zero-order valence-electron chi connectivity index (χ0n) is 31.7. The Morgan fingerprint density at radius 2 is 0.814 bits per heavy atom. The highest BCUT2D eigenvalue weighted by atomic mass is 32.1. The van der Waals surface area contributed by atoms with E-state index in [0.717, 1.165) is 49.3 Å². The van der Waals surface area contributed by atoms with Gasteiger partial charge in [0.1, 0.15) is 22.3 Å². The number of rotatable bonds is 4. The molecule has 10 aromatic carbocycles. The Kier molecular flexibility index (Phi) is 6.92. The Labute approximate surface area is 342 Å². The highest BCUT2D eigenvalue weighted by Gasteiger charge is 2.21. The van der Waals surface area contributed by atoms with Gasteiger partial charge >= 0.3 is 0 Å². The van der Waals surface area contributed by atoms with Gasteiger partial charge in [0.15, 0.2) is 0 Å². The van der Waals surface area contributed by atoms with E-state index in [1.807, 2.05) is 11.3 Å². The average Bonchev–Trinajstić information content (AvgIpc) is 3.98. The predicted octanol–water partition coefficient (Wildman–Crippen LogP) is 16.8. The fourth-order valence-corrected chi connectivity index (χ4v) is 10.9. The lowest BCUT2D eigenvalue weighted by Crippen LogP contribution is -1.90. The van der Waals surface area contributed by atoms with Crippen LogP contribution in [-0.2, 0) is 0 Å². The SMILES string of the molecule is c1ccc(-c2sc3cc4c(cc3c2-c2ccccc2)oc2ccc(-c3c5ccccc5c(-c5ccc6oc7c8ccccc8ccc7c6c5)c5ccccc35)cc24)cc1. The summed E-state index contributed by atoms with van der Waals surface area (Å²) in [4.78, 5) is 1.27. The first-order valence-corrected chi connectivity index (χ1v) is 20.9.